The maximum atomic E-state index is 12.9. The van der Waals surface area contributed by atoms with Gasteiger partial charge in [0.25, 0.3) is 0 Å². The number of anilines is 1. The van der Waals surface area contributed by atoms with Crippen molar-refractivity contribution in [1.29, 1.82) is 0 Å². The maximum absolute atomic E-state index is 12.9. The van der Waals surface area contributed by atoms with E-state index in [-0.39, 0.29) is 22.8 Å². The highest BCUT2D eigenvalue weighted by molar-refractivity contribution is 7.89. The van der Waals surface area contributed by atoms with Crippen LogP contribution in [-0.2, 0) is 23.0 Å². The van der Waals surface area contributed by atoms with Gasteiger partial charge < -0.3 is 19.5 Å². The number of hydrogen-bond acceptors (Lipinski definition) is 7. The minimum absolute atomic E-state index is 0.0335. The Bertz CT molecular complexity index is 1180. The molecular formula is C18H22N4O5S. The lowest BCUT2D eigenvalue weighted by Gasteiger charge is -2.13. The molecule has 0 fully saturated rings. The van der Waals surface area contributed by atoms with Gasteiger partial charge in [-0.1, -0.05) is 6.92 Å². The Balaban J connectivity index is 1.91. The maximum Gasteiger partial charge on any atom is 0.336 e. The van der Waals surface area contributed by atoms with E-state index in [9.17, 15) is 13.2 Å². The molecule has 0 aliphatic heterocycles. The number of fused-ring (bicyclic) bond motifs is 1. The molecule has 0 bridgehead atoms. The van der Waals surface area contributed by atoms with E-state index < -0.39 is 15.6 Å². The largest absolute Gasteiger partial charge is 0.495 e. The predicted octanol–water partition coefficient (Wildman–Crippen LogP) is 1.43. The molecule has 2 aromatic heterocycles. The number of nitrogens with zero attached hydrogens (tertiary/aromatic N) is 2. The van der Waals surface area contributed by atoms with E-state index in [2.05, 4.69) is 9.71 Å². The van der Waals surface area contributed by atoms with Crippen LogP contribution in [-0.4, -0.2) is 31.6 Å². The summed E-state index contributed by atoms with van der Waals surface area (Å²) >= 11 is 0. The van der Waals surface area contributed by atoms with Crippen molar-refractivity contribution in [3.8, 4) is 5.75 Å². The molecular weight excluding hydrogens is 384 g/mol. The zero-order valence-corrected chi connectivity index (χ0v) is 16.7. The Labute approximate surface area is 162 Å². The van der Waals surface area contributed by atoms with Crippen LogP contribution in [0.5, 0.6) is 5.75 Å². The Kier molecular flexibility index (Phi) is 5.43. The van der Waals surface area contributed by atoms with Crippen molar-refractivity contribution in [3.63, 3.8) is 0 Å². The van der Waals surface area contributed by atoms with Crippen molar-refractivity contribution in [1.82, 2.24) is 14.3 Å². The van der Waals surface area contributed by atoms with Gasteiger partial charge >= 0.3 is 5.63 Å². The Morgan fingerprint density at radius 1 is 1.32 bits per heavy atom. The van der Waals surface area contributed by atoms with Crippen molar-refractivity contribution >= 4 is 26.8 Å². The normalized spacial score (nSPS) is 11.8. The topological polar surface area (TPSA) is 129 Å². The summed E-state index contributed by atoms with van der Waals surface area (Å²) in [5.74, 6) is 1.35. The zero-order valence-electron chi connectivity index (χ0n) is 15.9. The molecule has 3 aromatic rings. The van der Waals surface area contributed by atoms with Gasteiger partial charge in [0.05, 0.1) is 13.3 Å². The summed E-state index contributed by atoms with van der Waals surface area (Å²) in [7, 11) is -2.52. The van der Waals surface area contributed by atoms with E-state index in [0.29, 0.717) is 29.7 Å². The molecule has 0 saturated carbocycles. The highest BCUT2D eigenvalue weighted by Crippen LogP contribution is 2.30. The molecule has 0 aliphatic carbocycles. The van der Waals surface area contributed by atoms with Crippen molar-refractivity contribution in [2.75, 3.05) is 19.4 Å². The molecule has 0 spiro atoms. The van der Waals surface area contributed by atoms with Gasteiger partial charge in [0, 0.05) is 37.0 Å². The number of nitrogens with two attached hydrogens (primary N) is 1. The quantitative estimate of drug-likeness (QED) is 0.568. The average Bonchev–Trinajstić information content (AvgIpc) is 3.00. The number of ether oxygens (including phenoxy) is 1. The Morgan fingerprint density at radius 3 is 2.75 bits per heavy atom. The number of aryl methyl sites for hydroxylation is 2. The predicted molar refractivity (Wildman–Crippen MR) is 105 cm³/mol. The zero-order chi connectivity index (χ0) is 20.5. The third kappa shape index (κ3) is 3.73. The molecule has 3 rings (SSSR count). The number of hydrogen-bond donors (Lipinski definition) is 2. The number of nitrogen functional groups attached to an aromatic ring is 1. The van der Waals surface area contributed by atoms with Crippen LogP contribution in [0.25, 0.3) is 11.0 Å². The van der Waals surface area contributed by atoms with Crippen molar-refractivity contribution in [3.05, 3.63) is 46.2 Å². The monoisotopic (exact) mass is 406 g/mol. The molecule has 0 atom stereocenters. The van der Waals surface area contributed by atoms with Crippen LogP contribution in [0.4, 0.5) is 5.82 Å². The summed E-state index contributed by atoms with van der Waals surface area (Å²) < 4.78 is 40.4. The van der Waals surface area contributed by atoms with Gasteiger partial charge in [0.15, 0.2) is 0 Å². The Morgan fingerprint density at radius 2 is 2.07 bits per heavy atom. The minimum Gasteiger partial charge on any atom is -0.495 e. The van der Waals surface area contributed by atoms with Crippen LogP contribution in [0.1, 0.15) is 18.3 Å². The first-order chi connectivity index (χ1) is 13.3. The first-order valence-corrected chi connectivity index (χ1v) is 10.2. The van der Waals surface area contributed by atoms with Gasteiger partial charge in [0.2, 0.25) is 10.0 Å². The molecule has 0 aliphatic rings. The van der Waals surface area contributed by atoms with E-state index in [1.54, 1.807) is 17.7 Å². The number of aromatic nitrogens is 2. The second-order valence-corrected chi connectivity index (χ2v) is 7.99. The molecule has 0 unspecified atom stereocenters. The second-order valence-electron chi connectivity index (χ2n) is 6.25. The average molecular weight is 406 g/mol. The molecule has 0 radical (unpaired) electrons. The number of nitrogens with one attached hydrogen (secondary N) is 1. The summed E-state index contributed by atoms with van der Waals surface area (Å²) in [6.45, 7) is 4.13. The first-order valence-electron chi connectivity index (χ1n) is 8.69. The lowest BCUT2D eigenvalue weighted by molar-refractivity contribution is 0.401. The molecule has 10 heteroatoms. The van der Waals surface area contributed by atoms with Gasteiger partial charge in [-0.2, -0.15) is 0 Å². The summed E-state index contributed by atoms with van der Waals surface area (Å²) in [6.07, 6.45) is 2.24. The first kappa shape index (κ1) is 19.9. The SMILES string of the molecule is CCc1ncc(N)n1CCNS(=O)(=O)c1cc2c(C)cc(=O)oc2cc1OC. The van der Waals surface area contributed by atoms with Crippen molar-refractivity contribution in [2.45, 2.75) is 31.7 Å². The molecule has 28 heavy (non-hydrogen) atoms. The van der Waals surface area contributed by atoms with Crippen molar-refractivity contribution in [2.24, 2.45) is 0 Å². The van der Waals surface area contributed by atoms with E-state index in [1.807, 2.05) is 6.92 Å². The molecule has 0 amide bonds. The van der Waals surface area contributed by atoms with E-state index in [1.165, 1.54) is 25.3 Å². The number of benzene rings is 1. The molecule has 9 nitrogen and oxygen atoms in total. The number of sulfonamides is 1. The van der Waals surface area contributed by atoms with Crippen LogP contribution in [0.15, 0.2) is 38.5 Å². The smallest absolute Gasteiger partial charge is 0.336 e. The van der Waals surface area contributed by atoms with E-state index in [4.69, 9.17) is 14.9 Å². The fourth-order valence-corrected chi connectivity index (χ4v) is 4.23. The van der Waals surface area contributed by atoms with Crippen LogP contribution in [0.3, 0.4) is 0 Å². The van der Waals surface area contributed by atoms with Crippen LogP contribution in [0.2, 0.25) is 0 Å². The minimum atomic E-state index is -3.88. The highest BCUT2D eigenvalue weighted by Gasteiger charge is 2.22. The number of imidazole rings is 1. The highest BCUT2D eigenvalue weighted by atomic mass is 32.2. The summed E-state index contributed by atoms with van der Waals surface area (Å²) in [6, 6.07) is 4.16. The molecule has 1 aromatic carbocycles. The fraction of sp³-hybridized carbons (Fsp3) is 0.333. The number of methoxy groups -OCH3 is 1. The van der Waals surface area contributed by atoms with Gasteiger partial charge in [-0.05, 0) is 18.6 Å². The van der Waals surface area contributed by atoms with Gasteiger partial charge in [-0.15, -0.1) is 0 Å². The molecule has 150 valence electrons. The lowest BCUT2D eigenvalue weighted by atomic mass is 10.1. The third-order valence-electron chi connectivity index (χ3n) is 4.44. The van der Waals surface area contributed by atoms with E-state index in [0.717, 1.165) is 5.82 Å². The van der Waals surface area contributed by atoms with Crippen LogP contribution in [0, 0.1) is 6.92 Å². The van der Waals surface area contributed by atoms with Gasteiger partial charge in [-0.3, -0.25) is 0 Å². The summed E-state index contributed by atoms with van der Waals surface area (Å²) in [4.78, 5) is 15.7. The Hall–Kier alpha value is -2.85. The fourth-order valence-electron chi connectivity index (χ4n) is 3.03. The molecule has 3 N–H and O–H groups in total. The third-order valence-corrected chi connectivity index (χ3v) is 5.92. The van der Waals surface area contributed by atoms with Crippen molar-refractivity contribution < 1.29 is 17.6 Å². The summed E-state index contributed by atoms with van der Waals surface area (Å²) in [5.41, 5.74) is 6.25. The van der Waals surface area contributed by atoms with E-state index >= 15 is 0 Å². The lowest BCUT2D eigenvalue weighted by Crippen LogP contribution is -2.28. The van der Waals surface area contributed by atoms with Gasteiger partial charge in [0.1, 0.15) is 27.9 Å². The summed E-state index contributed by atoms with van der Waals surface area (Å²) in [5, 5.41) is 0.521. The molecule has 2 heterocycles. The van der Waals surface area contributed by atoms with Crippen LogP contribution < -0.4 is 20.8 Å². The van der Waals surface area contributed by atoms with Crippen LogP contribution >= 0.6 is 0 Å². The number of rotatable bonds is 7. The molecule has 0 saturated heterocycles. The second kappa shape index (κ2) is 7.64. The van der Waals surface area contributed by atoms with Gasteiger partial charge in [-0.25, -0.2) is 22.9 Å². The standard InChI is InChI=1S/C18H22N4O5S/c1-4-17-20-10-16(19)22(17)6-5-21-28(24,25)15-8-12-11(2)7-18(23)27-13(12)9-14(15)26-3/h7-10,21H,4-6,19H2,1-3H3.